The average molecular weight is 244 g/mol. The van der Waals surface area contributed by atoms with Crippen LogP contribution in [0.2, 0.25) is 0 Å². The largest absolute Gasteiger partial charge is 0.341 e. The highest BCUT2D eigenvalue weighted by Gasteiger charge is 2.08. The molecule has 96 valence electrons. The monoisotopic (exact) mass is 244 g/mol. The maximum Gasteiger partial charge on any atom is 0.222 e. The molecule has 0 bridgehead atoms. The third-order valence-electron chi connectivity index (χ3n) is 2.90. The van der Waals surface area contributed by atoms with Gasteiger partial charge in [-0.1, -0.05) is 31.9 Å². The van der Waals surface area contributed by atoms with Crippen LogP contribution in [0.5, 0.6) is 0 Å². The number of amides is 1. The van der Waals surface area contributed by atoms with Gasteiger partial charge in [0.05, 0.1) is 11.6 Å². The number of carbonyl (C=O) groups excluding carboxylic acids is 1. The first kappa shape index (κ1) is 14.2. The second-order valence-electron chi connectivity index (χ2n) is 4.52. The standard InChI is InChI=1S/C15H20N2O/c1-3-4-5-9-15(18)17(2)12-14-8-6-7-13(10-14)11-16/h6-8,10H,3-5,9,12H2,1-2H3. The van der Waals surface area contributed by atoms with E-state index in [9.17, 15) is 4.79 Å². The molecule has 0 atom stereocenters. The summed E-state index contributed by atoms with van der Waals surface area (Å²) in [5.74, 6) is 0.172. The minimum Gasteiger partial charge on any atom is -0.341 e. The third kappa shape index (κ3) is 4.58. The molecule has 1 aromatic rings. The zero-order valence-corrected chi connectivity index (χ0v) is 11.1. The summed E-state index contributed by atoms with van der Waals surface area (Å²) in [7, 11) is 1.81. The molecule has 0 N–H and O–H groups in total. The van der Waals surface area contributed by atoms with E-state index >= 15 is 0 Å². The van der Waals surface area contributed by atoms with Crippen molar-refractivity contribution in [2.24, 2.45) is 0 Å². The quantitative estimate of drug-likeness (QED) is 0.722. The van der Waals surface area contributed by atoms with Gasteiger partial charge < -0.3 is 4.90 Å². The van der Waals surface area contributed by atoms with Gasteiger partial charge in [0.2, 0.25) is 5.91 Å². The van der Waals surface area contributed by atoms with Crippen LogP contribution in [0.15, 0.2) is 24.3 Å². The zero-order chi connectivity index (χ0) is 13.4. The minimum atomic E-state index is 0.172. The summed E-state index contributed by atoms with van der Waals surface area (Å²) in [4.78, 5) is 13.6. The van der Waals surface area contributed by atoms with Gasteiger partial charge >= 0.3 is 0 Å². The Morgan fingerprint density at radius 3 is 2.83 bits per heavy atom. The van der Waals surface area contributed by atoms with Crippen molar-refractivity contribution >= 4 is 5.91 Å². The molecule has 0 spiro atoms. The highest BCUT2D eigenvalue weighted by Crippen LogP contribution is 2.09. The van der Waals surface area contributed by atoms with Crippen molar-refractivity contribution in [2.45, 2.75) is 39.2 Å². The van der Waals surface area contributed by atoms with E-state index in [0.29, 0.717) is 18.5 Å². The summed E-state index contributed by atoms with van der Waals surface area (Å²) in [6.07, 6.45) is 3.80. The molecule has 18 heavy (non-hydrogen) atoms. The van der Waals surface area contributed by atoms with Crippen LogP contribution < -0.4 is 0 Å². The van der Waals surface area contributed by atoms with Crippen molar-refractivity contribution in [3.05, 3.63) is 35.4 Å². The minimum absolute atomic E-state index is 0.172. The summed E-state index contributed by atoms with van der Waals surface area (Å²) in [6, 6.07) is 9.50. The van der Waals surface area contributed by atoms with E-state index < -0.39 is 0 Å². The van der Waals surface area contributed by atoms with Gasteiger partial charge in [-0.25, -0.2) is 0 Å². The normalized spacial score (nSPS) is 9.83. The lowest BCUT2D eigenvalue weighted by molar-refractivity contribution is -0.130. The van der Waals surface area contributed by atoms with Gasteiger partial charge in [-0.2, -0.15) is 5.26 Å². The van der Waals surface area contributed by atoms with Gasteiger partial charge in [0.25, 0.3) is 0 Å². The summed E-state index contributed by atoms with van der Waals surface area (Å²) in [5, 5.41) is 8.82. The van der Waals surface area contributed by atoms with E-state index in [1.54, 1.807) is 11.0 Å². The molecular formula is C15H20N2O. The Morgan fingerprint density at radius 1 is 1.39 bits per heavy atom. The number of rotatable bonds is 6. The van der Waals surface area contributed by atoms with Crippen LogP contribution in [-0.4, -0.2) is 17.9 Å². The molecule has 0 aliphatic carbocycles. The van der Waals surface area contributed by atoms with E-state index in [2.05, 4.69) is 13.0 Å². The van der Waals surface area contributed by atoms with Gasteiger partial charge in [0.15, 0.2) is 0 Å². The second kappa shape index (κ2) is 7.50. The molecule has 0 aliphatic rings. The van der Waals surface area contributed by atoms with Crippen molar-refractivity contribution in [1.82, 2.24) is 4.90 Å². The van der Waals surface area contributed by atoms with Gasteiger partial charge in [-0.05, 0) is 24.1 Å². The van der Waals surface area contributed by atoms with Crippen molar-refractivity contribution < 1.29 is 4.79 Å². The molecule has 0 unspecified atom stereocenters. The molecule has 1 rings (SSSR count). The number of carbonyl (C=O) groups is 1. The molecule has 0 fully saturated rings. The maximum atomic E-state index is 11.8. The lowest BCUT2D eigenvalue weighted by Crippen LogP contribution is -2.25. The van der Waals surface area contributed by atoms with Crippen molar-refractivity contribution in [3.8, 4) is 6.07 Å². The Morgan fingerprint density at radius 2 is 2.17 bits per heavy atom. The fourth-order valence-electron chi connectivity index (χ4n) is 1.82. The zero-order valence-electron chi connectivity index (χ0n) is 11.1. The fraction of sp³-hybridized carbons (Fsp3) is 0.467. The number of hydrogen-bond donors (Lipinski definition) is 0. The first-order valence-corrected chi connectivity index (χ1v) is 6.40. The van der Waals surface area contributed by atoms with Gasteiger partial charge in [-0.15, -0.1) is 0 Å². The predicted octanol–water partition coefficient (Wildman–Crippen LogP) is 3.10. The average Bonchev–Trinajstić information content (AvgIpc) is 2.39. The number of hydrogen-bond acceptors (Lipinski definition) is 2. The molecule has 0 heterocycles. The third-order valence-corrected chi connectivity index (χ3v) is 2.90. The molecule has 0 aliphatic heterocycles. The fourth-order valence-corrected chi connectivity index (χ4v) is 1.82. The second-order valence-corrected chi connectivity index (χ2v) is 4.52. The Kier molecular flexibility index (Phi) is 5.93. The molecule has 0 radical (unpaired) electrons. The van der Waals surface area contributed by atoms with E-state index in [4.69, 9.17) is 5.26 Å². The van der Waals surface area contributed by atoms with Crippen molar-refractivity contribution in [2.75, 3.05) is 7.05 Å². The van der Waals surface area contributed by atoms with E-state index in [0.717, 1.165) is 24.8 Å². The summed E-state index contributed by atoms with van der Waals surface area (Å²) < 4.78 is 0. The van der Waals surface area contributed by atoms with Crippen LogP contribution >= 0.6 is 0 Å². The van der Waals surface area contributed by atoms with Crippen LogP contribution in [0.4, 0.5) is 0 Å². The number of unbranched alkanes of at least 4 members (excludes halogenated alkanes) is 2. The van der Waals surface area contributed by atoms with Crippen LogP contribution in [0.3, 0.4) is 0 Å². The number of nitriles is 1. The van der Waals surface area contributed by atoms with Gasteiger partial charge in [0, 0.05) is 20.0 Å². The topological polar surface area (TPSA) is 44.1 Å². The summed E-state index contributed by atoms with van der Waals surface area (Å²) in [6.45, 7) is 2.70. The first-order chi connectivity index (χ1) is 8.67. The van der Waals surface area contributed by atoms with Crippen LogP contribution in [0.25, 0.3) is 0 Å². The molecule has 0 aromatic heterocycles. The van der Waals surface area contributed by atoms with Crippen molar-refractivity contribution in [1.29, 1.82) is 5.26 Å². The maximum absolute atomic E-state index is 11.8. The lowest BCUT2D eigenvalue weighted by Gasteiger charge is -2.17. The molecule has 0 saturated carbocycles. The highest BCUT2D eigenvalue weighted by atomic mass is 16.2. The van der Waals surface area contributed by atoms with E-state index in [1.807, 2.05) is 25.2 Å². The predicted molar refractivity (Wildman–Crippen MR) is 71.8 cm³/mol. The molecule has 3 heteroatoms. The molecule has 1 amide bonds. The molecular weight excluding hydrogens is 224 g/mol. The Balaban J connectivity index is 2.50. The van der Waals surface area contributed by atoms with Crippen LogP contribution in [0.1, 0.15) is 43.7 Å². The number of benzene rings is 1. The molecule has 3 nitrogen and oxygen atoms in total. The SMILES string of the molecule is CCCCCC(=O)N(C)Cc1cccc(C#N)c1. The summed E-state index contributed by atoms with van der Waals surface area (Å²) >= 11 is 0. The molecule has 1 aromatic carbocycles. The van der Waals surface area contributed by atoms with E-state index in [-0.39, 0.29) is 5.91 Å². The number of nitrogens with zero attached hydrogens (tertiary/aromatic N) is 2. The Labute approximate surface area is 109 Å². The highest BCUT2D eigenvalue weighted by molar-refractivity contribution is 5.75. The summed E-state index contributed by atoms with van der Waals surface area (Å²) in [5.41, 5.74) is 1.64. The van der Waals surface area contributed by atoms with Crippen LogP contribution in [0, 0.1) is 11.3 Å². The first-order valence-electron chi connectivity index (χ1n) is 6.40. The smallest absolute Gasteiger partial charge is 0.222 e. The lowest BCUT2D eigenvalue weighted by atomic mass is 10.1. The Hall–Kier alpha value is -1.82. The Bertz CT molecular complexity index is 434. The van der Waals surface area contributed by atoms with Crippen LogP contribution in [-0.2, 0) is 11.3 Å². The molecule has 0 saturated heterocycles. The van der Waals surface area contributed by atoms with Crippen molar-refractivity contribution in [3.63, 3.8) is 0 Å². The van der Waals surface area contributed by atoms with Gasteiger partial charge in [0.1, 0.15) is 0 Å². The van der Waals surface area contributed by atoms with E-state index in [1.165, 1.54) is 0 Å². The van der Waals surface area contributed by atoms with Gasteiger partial charge in [-0.3, -0.25) is 4.79 Å².